The summed E-state index contributed by atoms with van der Waals surface area (Å²) >= 11 is 0. The third-order valence-corrected chi connectivity index (χ3v) is 3.85. The molecule has 0 fully saturated rings. The van der Waals surface area contributed by atoms with E-state index in [1.807, 2.05) is 6.92 Å². The van der Waals surface area contributed by atoms with Crippen LogP contribution < -0.4 is 10.6 Å². The van der Waals surface area contributed by atoms with E-state index in [0.29, 0.717) is 30.7 Å². The van der Waals surface area contributed by atoms with Crippen LogP contribution in [0, 0.1) is 6.92 Å². The van der Waals surface area contributed by atoms with Crippen LogP contribution in [-0.4, -0.2) is 30.7 Å². The highest BCUT2D eigenvalue weighted by atomic mass is 16.4. The maximum atomic E-state index is 10.1. The van der Waals surface area contributed by atoms with Crippen LogP contribution in [0.3, 0.4) is 0 Å². The topological polar surface area (TPSA) is 69.8 Å². The number of furan rings is 1. The Hall–Kier alpha value is -2.27. The number of hydrogen-bond acceptors (Lipinski definition) is 3. The number of aryl methyl sites for hydroxylation is 1. The maximum absolute atomic E-state index is 10.1. The van der Waals surface area contributed by atoms with Gasteiger partial charge in [-0.05, 0) is 31.5 Å². The third kappa shape index (κ3) is 5.42. The van der Waals surface area contributed by atoms with Crippen LogP contribution in [0.4, 0.5) is 0 Å². The number of aliphatic imine (C=N–C) groups is 1. The Morgan fingerprint density at radius 3 is 2.58 bits per heavy atom. The van der Waals surface area contributed by atoms with Gasteiger partial charge < -0.3 is 20.2 Å². The van der Waals surface area contributed by atoms with Gasteiger partial charge in [0.2, 0.25) is 0 Å². The molecule has 1 aromatic carbocycles. The second-order valence-electron chi connectivity index (χ2n) is 5.94. The molecule has 24 heavy (non-hydrogen) atoms. The highest BCUT2D eigenvalue weighted by Crippen LogP contribution is 2.16. The lowest BCUT2D eigenvalue weighted by atomic mass is 10.0. The van der Waals surface area contributed by atoms with Crippen molar-refractivity contribution in [2.75, 3.05) is 19.6 Å². The Bertz CT molecular complexity index is 621. The molecule has 0 saturated heterocycles. The summed E-state index contributed by atoms with van der Waals surface area (Å²) in [4.78, 5) is 4.62. The highest BCUT2D eigenvalue weighted by molar-refractivity contribution is 5.79. The zero-order valence-electron chi connectivity index (χ0n) is 14.6. The van der Waals surface area contributed by atoms with Gasteiger partial charge in [0.15, 0.2) is 5.96 Å². The van der Waals surface area contributed by atoms with Crippen LogP contribution in [0.5, 0.6) is 0 Å². The van der Waals surface area contributed by atoms with Crippen molar-refractivity contribution in [2.24, 2.45) is 4.99 Å². The molecule has 130 valence electrons. The van der Waals surface area contributed by atoms with Crippen molar-refractivity contribution >= 4 is 5.96 Å². The Kier molecular flexibility index (Phi) is 6.88. The first-order valence-corrected chi connectivity index (χ1v) is 8.40. The number of guanidine groups is 1. The van der Waals surface area contributed by atoms with Gasteiger partial charge in [0.1, 0.15) is 11.9 Å². The molecule has 0 aliphatic heterocycles. The fourth-order valence-corrected chi connectivity index (χ4v) is 2.35. The quantitative estimate of drug-likeness (QED) is 0.539. The van der Waals surface area contributed by atoms with Gasteiger partial charge in [-0.3, -0.25) is 4.99 Å². The summed E-state index contributed by atoms with van der Waals surface area (Å²) in [6.45, 7) is 8.05. The molecule has 0 amide bonds. The van der Waals surface area contributed by atoms with E-state index in [-0.39, 0.29) is 0 Å². The minimum absolute atomic E-state index is 0.330. The lowest BCUT2D eigenvalue weighted by molar-refractivity contribution is 0.153. The molecule has 5 heteroatoms. The normalized spacial score (nSPS) is 14.2. The lowest BCUT2D eigenvalue weighted by Crippen LogP contribution is -2.39. The zero-order valence-corrected chi connectivity index (χ0v) is 14.6. The Balaban J connectivity index is 1.90. The minimum atomic E-state index is -0.696. The number of aliphatic hydroxyl groups is 1. The van der Waals surface area contributed by atoms with Crippen molar-refractivity contribution < 1.29 is 9.52 Å². The van der Waals surface area contributed by atoms with Gasteiger partial charge in [-0.1, -0.05) is 36.8 Å². The summed E-state index contributed by atoms with van der Waals surface area (Å²) in [6.07, 6.45) is 0.861. The van der Waals surface area contributed by atoms with Gasteiger partial charge in [-0.15, -0.1) is 0 Å². The van der Waals surface area contributed by atoms with E-state index in [0.717, 1.165) is 6.54 Å². The summed E-state index contributed by atoms with van der Waals surface area (Å²) in [5, 5.41) is 16.4. The Labute approximate surface area is 143 Å². The number of benzene rings is 1. The predicted molar refractivity (Wildman–Crippen MR) is 97.2 cm³/mol. The number of nitrogens with one attached hydrogen (secondary N) is 2. The van der Waals surface area contributed by atoms with Gasteiger partial charge in [0.25, 0.3) is 0 Å². The van der Waals surface area contributed by atoms with Crippen LogP contribution in [0.25, 0.3) is 0 Å². The number of hydrogen-bond donors (Lipinski definition) is 3. The van der Waals surface area contributed by atoms with Gasteiger partial charge in [-0.25, -0.2) is 0 Å². The summed E-state index contributed by atoms with van der Waals surface area (Å²) in [5.74, 6) is 1.57. The molecular weight excluding hydrogens is 302 g/mol. The standard InChI is InChI=1S/C19H27N3O2/c1-4-20-19(22-13-17(23)18-6-5-11-24-18)21-12-15(3)16-9-7-14(2)8-10-16/h5-11,15,17,23H,4,12-13H2,1-3H3,(H2,20,21,22). The molecule has 2 aromatic rings. The lowest BCUT2D eigenvalue weighted by Gasteiger charge is -2.15. The molecule has 0 bridgehead atoms. The third-order valence-electron chi connectivity index (χ3n) is 3.85. The molecule has 2 rings (SSSR count). The van der Waals surface area contributed by atoms with Crippen LogP contribution >= 0.6 is 0 Å². The summed E-state index contributed by atoms with van der Waals surface area (Å²) < 4.78 is 5.20. The molecule has 1 aromatic heterocycles. The maximum Gasteiger partial charge on any atom is 0.191 e. The molecule has 5 nitrogen and oxygen atoms in total. The molecule has 0 aliphatic rings. The fourth-order valence-electron chi connectivity index (χ4n) is 2.35. The van der Waals surface area contributed by atoms with Crippen molar-refractivity contribution in [1.29, 1.82) is 0 Å². The van der Waals surface area contributed by atoms with Gasteiger partial charge in [0.05, 0.1) is 12.8 Å². The van der Waals surface area contributed by atoms with E-state index in [4.69, 9.17) is 4.42 Å². The first-order valence-electron chi connectivity index (χ1n) is 8.40. The molecular formula is C19H27N3O2. The molecule has 2 unspecified atom stereocenters. The van der Waals surface area contributed by atoms with Crippen molar-refractivity contribution in [3.8, 4) is 0 Å². The number of aliphatic hydroxyl groups excluding tert-OH is 1. The molecule has 0 radical (unpaired) electrons. The van der Waals surface area contributed by atoms with E-state index >= 15 is 0 Å². The van der Waals surface area contributed by atoms with Crippen LogP contribution in [0.15, 0.2) is 52.1 Å². The van der Waals surface area contributed by atoms with Gasteiger partial charge in [-0.2, -0.15) is 0 Å². The Morgan fingerprint density at radius 2 is 1.96 bits per heavy atom. The van der Waals surface area contributed by atoms with Gasteiger partial charge in [0, 0.05) is 19.0 Å². The van der Waals surface area contributed by atoms with Crippen molar-refractivity contribution in [1.82, 2.24) is 10.6 Å². The van der Waals surface area contributed by atoms with E-state index in [1.165, 1.54) is 11.1 Å². The fraction of sp³-hybridized carbons (Fsp3) is 0.421. The van der Waals surface area contributed by atoms with Crippen LogP contribution in [-0.2, 0) is 0 Å². The van der Waals surface area contributed by atoms with Crippen molar-refractivity contribution in [3.63, 3.8) is 0 Å². The molecule has 1 heterocycles. The van der Waals surface area contributed by atoms with Gasteiger partial charge >= 0.3 is 0 Å². The first kappa shape index (κ1) is 18.1. The van der Waals surface area contributed by atoms with Crippen LogP contribution in [0.1, 0.15) is 42.8 Å². The molecule has 3 N–H and O–H groups in total. The highest BCUT2D eigenvalue weighted by Gasteiger charge is 2.11. The molecule has 0 aliphatic carbocycles. The first-order chi connectivity index (χ1) is 11.6. The minimum Gasteiger partial charge on any atom is -0.467 e. The summed E-state index contributed by atoms with van der Waals surface area (Å²) in [7, 11) is 0. The SMILES string of the molecule is CCNC(=NCC(C)c1ccc(C)cc1)NCC(O)c1ccco1. The molecule has 2 atom stereocenters. The average Bonchev–Trinajstić information content (AvgIpc) is 3.12. The van der Waals surface area contributed by atoms with Crippen molar-refractivity contribution in [3.05, 3.63) is 59.5 Å². The Morgan fingerprint density at radius 1 is 1.21 bits per heavy atom. The summed E-state index contributed by atoms with van der Waals surface area (Å²) in [5.41, 5.74) is 2.53. The van der Waals surface area contributed by atoms with Crippen molar-refractivity contribution in [2.45, 2.75) is 32.8 Å². The zero-order chi connectivity index (χ0) is 17.4. The van der Waals surface area contributed by atoms with Crippen LogP contribution in [0.2, 0.25) is 0 Å². The van der Waals surface area contributed by atoms with E-state index in [9.17, 15) is 5.11 Å². The molecule has 0 spiro atoms. The largest absolute Gasteiger partial charge is 0.467 e. The monoisotopic (exact) mass is 329 g/mol. The average molecular weight is 329 g/mol. The smallest absolute Gasteiger partial charge is 0.191 e. The number of rotatable bonds is 7. The second kappa shape index (κ2) is 9.13. The van der Waals surface area contributed by atoms with E-state index in [1.54, 1.807) is 18.4 Å². The molecule has 0 saturated carbocycles. The summed E-state index contributed by atoms with van der Waals surface area (Å²) in [6, 6.07) is 12.1. The number of nitrogens with zero attached hydrogens (tertiary/aromatic N) is 1. The second-order valence-corrected chi connectivity index (χ2v) is 5.94. The van der Waals surface area contributed by atoms with E-state index < -0.39 is 6.10 Å². The predicted octanol–water partition coefficient (Wildman–Crippen LogP) is 2.98. The van der Waals surface area contributed by atoms with E-state index in [2.05, 4.69) is 53.7 Å².